The standard InChI is InChI=1S/C21H19N5O4/c1-14(2)25-21(28)17-11-5-4-10-16(17)19(24-25)20(27)23-22-13-7-9-15-8-3-6-12-18(15)26(29)30/h3-14H,1-2H3,(H,23,27)/b9-7+,22-13-. The van der Waals surface area contributed by atoms with Gasteiger partial charge in [-0.3, -0.25) is 19.7 Å². The molecule has 2 aromatic carbocycles. The molecule has 0 aliphatic heterocycles. The minimum Gasteiger partial charge on any atom is -0.267 e. The Balaban J connectivity index is 1.82. The first-order valence-corrected chi connectivity index (χ1v) is 9.15. The Morgan fingerprint density at radius 3 is 2.53 bits per heavy atom. The van der Waals surface area contributed by atoms with Gasteiger partial charge in [0.1, 0.15) is 0 Å². The van der Waals surface area contributed by atoms with Crippen molar-refractivity contribution in [2.24, 2.45) is 5.10 Å². The van der Waals surface area contributed by atoms with E-state index in [0.29, 0.717) is 16.3 Å². The number of rotatable bonds is 6. The van der Waals surface area contributed by atoms with E-state index in [-0.39, 0.29) is 23.0 Å². The smallest absolute Gasteiger partial charge is 0.267 e. The van der Waals surface area contributed by atoms with Crippen molar-refractivity contribution in [3.63, 3.8) is 0 Å². The van der Waals surface area contributed by atoms with E-state index in [4.69, 9.17) is 0 Å². The largest absolute Gasteiger partial charge is 0.292 e. The molecule has 0 atom stereocenters. The van der Waals surface area contributed by atoms with Crippen molar-refractivity contribution < 1.29 is 9.72 Å². The lowest BCUT2D eigenvalue weighted by molar-refractivity contribution is -0.385. The van der Waals surface area contributed by atoms with E-state index >= 15 is 0 Å². The Labute approximate surface area is 171 Å². The molecule has 0 radical (unpaired) electrons. The van der Waals surface area contributed by atoms with E-state index in [0.717, 1.165) is 0 Å². The summed E-state index contributed by atoms with van der Waals surface area (Å²) in [4.78, 5) is 35.7. The van der Waals surface area contributed by atoms with Gasteiger partial charge in [0.15, 0.2) is 5.69 Å². The first-order valence-electron chi connectivity index (χ1n) is 9.15. The van der Waals surface area contributed by atoms with Crippen LogP contribution in [0.25, 0.3) is 16.8 Å². The van der Waals surface area contributed by atoms with Crippen LogP contribution < -0.4 is 11.0 Å². The maximum absolute atomic E-state index is 12.6. The van der Waals surface area contributed by atoms with Crippen LogP contribution >= 0.6 is 0 Å². The maximum Gasteiger partial charge on any atom is 0.292 e. The Morgan fingerprint density at radius 1 is 1.17 bits per heavy atom. The first kappa shape index (κ1) is 20.6. The molecule has 1 amide bonds. The fourth-order valence-corrected chi connectivity index (χ4v) is 2.86. The van der Waals surface area contributed by atoms with Gasteiger partial charge in [0.2, 0.25) is 0 Å². The van der Waals surface area contributed by atoms with Gasteiger partial charge in [-0.15, -0.1) is 0 Å². The van der Waals surface area contributed by atoms with Crippen molar-refractivity contribution in [3.8, 4) is 0 Å². The zero-order chi connectivity index (χ0) is 21.7. The van der Waals surface area contributed by atoms with Crippen molar-refractivity contribution >= 4 is 34.7 Å². The molecule has 30 heavy (non-hydrogen) atoms. The molecule has 0 saturated carbocycles. The number of hydrogen-bond acceptors (Lipinski definition) is 6. The van der Waals surface area contributed by atoms with Gasteiger partial charge in [0.25, 0.3) is 17.2 Å². The first-order chi connectivity index (χ1) is 14.4. The van der Waals surface area contributed by atoms with Crippen LogP contribution in [0, 0.1) is 10.1 Å². The molecule has 1 aromatic heterocycles. The zero-order valence-corrected chi connectivity index (χ0v) is 16.4. The van der Waals surface area contributed by atoms with Crippen LogP contribution in [0.2, 0.25) is 0 Å². The molecule has 9 heteroatoms. The third-order valence-corrected chi connectivity index (χ3v) is 4.27. The van der Waals surface area contributed by atoms with Gasteiger partial charge in [-0.2, -0.15) is 10.2 Å². The number of amides is 1. The number of nitro benzene ring substituents is 1. The summed E-state index contributed by atoms with van der Waals surface area (Å²) in [5.41, 5.74) is 2.56. The molecule has 0 spiro atoms. The molecule has 1 N–H and O–H groups in total. The number of hydrogen-bond donors (Lipinski definition) is 1. The Kier molecular flexibility index (Phi) is 6.11. The van der Waals surface area contributed by atoms with E-state index in [9.17, 15) is 19.7 Å². The van der Waals surface area contributed by atoms with E-state index in [1.165, 1.54) is 29.1 Å². The number of aromatic nitrogens is 2. The number of nitro groups is 1. The number of allylic oxidation sites excluding steroid dienone is 1. The fraction of sp³-hybridized carbons (Fsp3) is 0.143. The quantitative estimate of drug-likeness (QED) is 0.383. The summed E-state index contributed by atoms with van der Waals surface area (Å²) < 4.78 is 1.26. The number of para-hydroxylation sites is 1. The van der Waals surface area contributed by atoms with Gasteiger partial charge < -0.3 is 0 Å². The Morgan fingerprint density at radius 2 is 1.83 bits per heavy atom. The number of nitrogens with one attached hydrogen (secondary N) is 1. The molecule has 0 bridgehead atoms. The van der Waals surface area contributed by atoms with Crippen LogP contribution in [0.3, 0.4) is 0 Å². The molecule has 0 fully saturated rings. The van der Waals surface area contributed by atoms with E-state index < -0.39 is 10.8 Å². The second-order valence-electron chi connectivity index (χ2n) is 6.63. The minimum atomic E-state index is -0.573. The van der Waals surface area contributed by atoms with Crippen LogP contribution in [0.4, 0.5) is 5.69 Å². The number of nitrogens with zero attached hydrogens (tertiary/aromatic N) is 4. The van der Waals surface area contributed by atoms with Crippen molar-refractivity contribution in [2.45, 2.75) is 19.9 Å². The van der Waals surface area contributed by atoms with Crippen LogP contribution in [-0.2, 0) is 0 Å². The summed E-state index contributed by atoms with van der Waals surface area (Å²) in [6, 6.07) is 12.8. The van der Waals surface area contributed by atoms with Gasteiger partial charge in [-0.05, 0) is 38.1 Å². The number of hydrazone groups is 1. The molecule has 3 rings (SSSR count). The summed E-state index contributed by atoms with van der Waals surface area (Å²) in [5, 5.41) is 19.9. The van der Waals surface area contributed by atoms with Gasteiger partial charge in [0.05, 0.1) is 21.9 Å². The molecule has 9 nitrogen and oxygen atoms in total. The van der Waals surface area contributed by atoms with Crippen molar-refractivity contribution in [1.29, 1.82) is 0 Å². The van der Waals surface area contributed by atoms with Crippen LogP contribution in [-0.4, -0.2) is 26.8 Å². The summed E-state index contributed by atoms with van der Waals surface area (Å²) in [5.74, 6) is -0.573. The maximum atomic E-state index is 12.6. The molecule has 0 aliphatic carbocycles. The Bertz CT molecular complexity index is 1230. The monoisotopic (exact) mass is 405 g/mol. The molecule has 0 aliphatic rings. The van der Waals surface area contributed by atoms with Gasteiger partial charge in [-0.25, -0.2) is 10.1 Å². The highest BCUT2D eigenvalue weighted by atomic mass is 16.6. The second-order valence-corrected chi connectivity index (χ2v) is 6.63. The fourth-order valence-electron chi connectivity index (χ4n) is 2.86. The zero-order valence-electron chi connectivity index (χ0n) is 16.4. The number of benzene rings is 2. The lowest BCUT2D eigenvalue weighted by Gasteiger charge is -2.12. The SMILES string of the molecule is CC(C)n1nc(C(=O)N/N=C\C=C\c2ccccc2[N+](=O)[O-])c2ccccc2c1=O. The molecule has 0 saturated heterocycles. The third kappa shape index (κ3) is 4.30. The average Bonchev–Trinajstić information content (AvgIpc) is 2.73. The van der Waals surface area contributed by atoms with Crippen LogP contribution in [0.5, 0.6) is 0 Å². The second kappa shape index (κ2) is 8.91. The predicted molar refractivity (Wildman–Crippen MR) is 114 cm³/mol. The summed E-state index contributed by atoms with van der Waals surface area (Å²) in [6.07, 6.45) is 4.29. The van der Waals surface area contributed by atoms with E-state index in [1.807, 2.05) is 0 Å². The molecule has 3 aromatic rings. The molecule has 0 unspecified atom stereocenters. The van der Waals surface area contributed by atoms with Crippen molar-refractivity contribution in [2.75, 3.05) is 0 Å². The molecular formula is C21H19N5O4. The summed E-state index contributed by atoms with van der Waals surface area (Å²) in [6.45, 7) is 3.60. The third-order valence-electron chi connectivity index (χ3n) is 4.27. The van der Waals surface area contributed by atoms with Gasteiger partial charge in [0, 0.05) is 17.7 Å². The lowest BCUT2D eigenvalue weighted by Crippen LogP contribution is -2.30. The summed E-state index contributed by atoms with van der Waals surface area (Å²) >= 11 is 0. The average molecular weight is 405 g/mol. The topological polar surface area (TPSA) is 119 Å². The van der Waals surface area contributed by atoms with E-state index in [1.54, 1.807) is 56.3 Å². The van der Waals surface area contributed by atoms with Crippen molar-refractivity contribution in [3.05, 3.63) is 86.3 Å². The molecular weight excluding hydrogens is 386 g/mol. The molecule has 1 heterocycles. The highest BCUT2D eigenvalue weighted by Gasteiger charge is 2.17. The van der Waals surface area contributed by atoms with Crippen LogP contribution in [0.1, 0.15) is 35.9 Å². The highest BCUT2D eigenvalue weighted by Crippen LogP contribution is 2.18. The predicted octanol–water partition coefficient (Wildman–Crippen LogP) is 3.31. The molecule has 152 valence electrons. The summed E-state index contributed by atoms with van der Waals surface area (Å²) in [7, 11) is 0. The Hall–Kier alpha value is -4.14. The van der Waals surface area contributed by atoms with Gasteiger partial charge in [-0.1, -0.05) is 30.3 Å². The number of carbonyl (C=O) groups excluding carboxylic acids is 1. The lowest BCUT2D eigenvalue weighted by atomic mass is 10.1. The number of fused-ring (bicyclic) bond motifs is 1. The van der Waals surface area contributed by atoms with Crippen LogP contribution in [0.15, 0.2) is 64.5 Å². The number of carbonyl (C=O) groups is 1. The van der Waals surface area contributed by atoms with E-state index in [2.05, 4.69) is 15.6 Å². The van der Waals surface area contributed by atoms with Gasteiger partial charge >= 0.3 is 0 Å². The normalized spacial score (nSPS) is 11.6. The minimum absolute atomic E-state index is 0.0298. The van der Waals surface area contributed by atoms with Crippen molar-refractivity contribution in [1.82, 2.24) is 15.2 Å². The highest BCUT2D eigenvalue weighted by molar-refractivity contribution is 6.04.